The number of phenolic OH excluding ortho intramolecular Hbond substituents is 1. The number of cyclic esters (lactones) is 1. The zero-order valence-electron chi connectivity index (χ0n) is 35.1. The number of amides is 4. The number of nitrogens with zero attached hydrogens (tertiary/aromatic N) is 2. The summed E-state index contributed by atoms with van der Waals surface area (Å²) in [6.07, 6.45) is 10.0. The first-order valence-electron chi connectivity index (χ1n) is 20.7. The number of carbonyl (C=O) groups excluding carboxylic acids is 6. The second-order valence-corrected chi connectivity index (χ2v) is 16.0. The number of hydrogen-bond donors (Lipinski definition) is 6. The van der Waals surface area contributed by atoms with Gasteiger partial charge < -0.3 is 35.5 Å². The van der Waals surface area contributed by atoms with Crippen molar-refractivity contribution in [2.24, 2.45) is 17.8 Å². The smallest absolute Gasteiger partial charge is 0.325 e. The van der Waals surface area contributed by atoms with Gasteiger partial charge >= 0.3 is 5.97 Å². The van der Waals surface area contributed by atoms with Crippen LogP contribution in [-0.2, 0) is 38.3 Å². The third-order valence-electron chi connectivity index (χ3n) is 10.9. The van der Waals surface area contributed by atoms with Gasteiger partial charge in [-0.1, -0.05) is 69.4 Å². The fraction of sp³-hybridized carbons (Fsp3) is 0.545. The van der Waals surface area contributed by atoms with Crippen molar-refractivity contribution in [1.29, 1.82) is 0 Å². The lowest BCUT2D eigenvalue weighted by Gasteiger charge is -2.36. The molecule has 0 saturated carbocycles. The maximum Gasteiger partial charge on any atom is 0.325 e. The van der Waals surface area contributed by atoms with E-state index in [-0.39, 0.29) is 48.8 Å². The summed E-state index contributed by atoms with van der Waals surface area (Å²) in [5.41, 5.74) is 3.82. The number of hydrazine groups is 1. The van der Waals surface area contributed by atoms with Gasteiger partial charge in [-0.05, 0) is 75.1 Å². The summed E-state index contributed by atoms with van der Waals surface area (Å²) in [5.74, 6) is -6.01. The fourth-order valence-electron chi connectivity index (χ4n) is 7.10. The van der Waals surface area contributed by atoms with Crippen LogP contribution in [0.5, 0.6) is 5.75 Å². The van der Waals surface area contributed by atoms with Crippen LogP contribution in [-0.4, -0.2) is 111 Å². The predicted octanol–water partition coefficient (Wildman–Crippen LogP) is 3.01. The zero-order chi connectivity index (χ0) is 43.9. The number of benzene rings is 1. The molecule has 3 heterocycles. The molecular formula is C44H61N5O11. The lowest BCUT2D eigenvalue weighted by Crippen LogP contribution is -2.59. The van der Waals surface area contributed by atoms with Gasteiger partial charge in [0, 0.05) is 37.9 Å². The van der Waals surface area contributed by atoms with Gasteiger partial charge in [0.05, 0.1) is 24.7 Å². The predicted molar refractivity (Wildman–Crippen MR) is 221 cm³/mol. The Kier molecular flexibility index (Phi) is 18.2. The number of esters is 1. The molecule has 0 spiro atoms. The van der Waals surface area contributed by atoms with Gasteiger partial charge in [-0.2, -0.15) is 0 Å². The number of hydroxylamine groups is 2. The average Bonchev–Trinajstić information content (AvgIpc) is 3.23. The lowest BCUT2D eigenvalue weighted by atomic mass is 9.84. The van der Waals surface area contributed by atoms with E-state index in [1.165, 1.54) is 47.3 Å². The number of nitrogens with one attached hydrogen (secondary N) is 3. The minimum atomic E-state index is -1.43. The Morgan fingerprint density at radius 2 is 1.77 bits per heavy atom. The van der Waals surface area contributed by atoms with E-state index in [4.69, 9.17) is 9.57 Å². The van der Waals surface area contributed by atoms with Crippen molar-refractivity contribution in [3.05, 3.63) is 77.9 Å². The molecule has 0 radical (unpaired) electrons. The second-order valence-electron chi connectivity index (χ2n) is 16.0. The summed E-state index contributed by atoms with van der Waals surface area (Å²) in [6.45, 7) is 9.19. The Morgan fingerprint density at radius 1 is 1.00 bits per heavy atom. The molecule has 2 fully saturated rings. The molecule has 6 N–H and O–H groups in total. The molecule has 16 nitrogen and oxygen atoms in total. The highest BCUT2D eigenvalue weighted by atomic mass is 16.7. The number of aliphatic hydroxyl groups excluding tert-OH is 2. The fourth-order valence-corrected chi connectivity index (χ4v) is 7.10. The molecule has 8 atom stereocenters. The number of Topliss-reactive ketones (excluding diaryl/α,β-unsaturated/α-hetero) is 1. The molecule has 2 saturated heterocycles. The van der Waals surface area contributed by atoms with Gasteiger partial charge in [-0.3, -0.25) is 33.8 Å². The van der Waals surface area contributed by atoms with Crippen molar-refractivity contribution >= 4 is 35.4 Å². The molecule has 2 bridgehead atoms. The Hall–Kier alpha value is -5.16. The number of phenols is 1. The van der Waals surface area contributed by atoms with Crippen molar-refractivity contribution in [2.75, 3.05) is 19.7 Å². The summed E-state index contributed by atoms with van der Waals surface area (Å²) in [4.78, 5) is 86.2. The van der Waals surface area contributed by atoms with Crippen molar-refractivity contribution in [3.8, 4) is 5.75 Å². The topological polar surface area (TPSA) is 224 Å². The number of aliphatic hydroxyl groups is 2. The van der Waals surface area contributed by atoms with Crippen LogP contribution in [0.4, 0.5) is 0 Å². The maximum atomic E-state index is 14.3. The van der Waals surface area contributed by atoms with E-state index < -0.39 is 77.9 Å². The van der Waals surface area contributed by atoms with Gasteiger partial charge in [0.25, 0.3) is 11.8 Å². The van der Waals surface area contributed by atoms with Crippen LogP contribution >= 0.6 is 0 Å². The Balaban J connectivity index is 1.71. The number of carbonyl (C=O) groups is 6. The first-order chi connectivity index (χ1) is 28.6. The third kappa shape index (κ3) is 13.7. The molecule has 2 unspecified atom stereocenters. The average molecular weight is 836 g/mol. The first-order valence-corrected chi connectivity index (χ1v) is 20.7. The number of fused-ring (bicyclic) bond motifs is 2. The lowest BCUT2D eigenvalue weighted by molar-refractivity contribution is -0.191. The van der Waals surface area contributed by atoms with Crippen LogP contribution in [0, 0.1) is 17.8 Å². The Bertz CT molecular complexity index is 1800. The highest BCUT2D eigenvalue weighted by Gasteiger charge is 2.39. The number of hydrogen-bond acceptors (Lipinski definition) is 12. The maximum absolute atomic E-state index is 14.3. The number of aromatic hydroxyl groups is 1. The van der Waals surface area contributed by atoms with Crippen LogP contribution in [0.15, 0.2) is 72.4 Å². The quantitative estimate of drug-likeness (QED) is 0.126. The standard InChI is InChI=1S/C44H61N5O11/c1-27(2)38-42(56)46-39(31-15-12-16-32(51)26-31)43(57)48-23-13-17-34(47-48)44(58)60-36(28(3)14-11-20-37(53)49-24-9-10-25-59-49)19-8-6-7-18-35(52)30(5)40(54)33(41(55)45-38)22-21-29(4)50/h6-8,11-12,14-16,18,20,26-27,30,33-36,38-40,47,51-52,54H,9-10,13,17,19,21-25H2,1-5H3,(H,45,55)(H,46,56)/b8-6+,18-7+,20-11+,28-14+/t30-,33+,34?,35-,36-,38-,39?,40+/m0/s1. The van der Waals surface area contributed by atoms with Gasteiger partial charge in [-0.15, -0.1) is 0 Å². The molecule has 328 valence electrons. The van der Waals surface area contributed by atoms with Crippen molar-refractivity contribution < 1.29 is 53.7 Å². The summed E-state index contributed by atoms with van der Waals surface area (Å²) >= 11 is 0. The third-order valence-corrected chi connectivity index (χ3v) is 10.9. The van der Waals surface area contributed by atoms with E-state index in [0.717, 1.165) is 12.8 Å². The number of rotatable bonds is 8. The van der Waals surface area contributed by atoms with Crippen LogP contribution in [0.2, 0.25) is 0 Å². The molecule has 4 amide bonds. The molecule has 0 aliphatic carbocycles. The minimum absolute atomic E-state index is 0.0362. The zero-order valence-corrected chi connectivity index (χ0v) is 35.1. The van der Waals surface area contributed by atoms with E-state index >= 15 is 0 Å². The Labute approximate surface area is 351 Å². The molecule has 3 aliphatic heterocycles. The van der Waals surface area contributed by atoms with E-state index in [2.05, 4.69) is 16.1 Å². The summed E-state index contributed by atoms with van der Waals surface area (Å²) in [7, 11) is 0. The van der Waals surface area contributed by atoms with Crippen molar-refractivity contribution in [2.45, 2.75) is 116 Å². The van der Waals surface area contributed by atoms with Gasteiger partial charge in [-0.25, -0.2) is 10.5 Å². The van der Waals surface area contributed by atoms with E-state index in [1.807, 2.05) is 0 Å². The SMILES string of the molecule is CC(=O)CC[C@H]1C(=O)N[C@@H](C(C)C)C(=O)NC(c2cccc(O)c2)C(=O)N2CCCC(N2)C(=O)O[C@H](/C(C)=C/C=C/C(=O)N2CCCCO2)C/C=C/C=C/[C@H](O)[C@H](C)[C@H]1O. The second kappa shape index (κ2) is 23.0. The van der Waals surface area contributed by atoms with Crippen molar-refractivity contribution in [1.82, 2.24) is 26.1 Å². The van der Waals surface area contributed by atoms with Crippen LogP contribution in [0.3, 0.4) is 0 Å². The molecule has 16 heteroatoms. The van der Waals surface area contributed by atoms with Gasteiger partial charge in [0.15, 0.2) is 0 Å². The highest BCUT2D eigenvalue weighted by Crippen LogP contribution is 2.26. The van der Waals surface area contributed by atoms with Crippen LogP contribution in [0.25, 0.3) is 0 Å². The van der Waals surface area contributed by atoms with E-state index in [0.29, 0.717) is 31.6 Å². The molecule has 0 aromatic heterocycles. The highest BCUT2D eigenvalue weighted by molar-refractivity contribution is 5.93. The summed E-state index contributed by atoms with van der Waals surface area (Å²) < 4.78 is 6.03. The Morgan fingerprint density at radius 3 is 2.45 bits per heavy atom. The number of ketones is 1. The minimum Gasteiger partial charge on any atom is -0.508 e. The van der Waals surface area contributed by atoms with Crippen molar-refractivity contribution in [3.63, 3.8) is 0 Å². The van der Waals surface area contributed by atoms with E-state index in [1.54, 1.807) is 64.1 Å². The molecule has 3 aliphatic rings. The molecule has 1 aromatic carbocycles. The monoisotopic (exact) mass is 835 g/mol. The van der Waals surface area contributed by atoms with Crippen LogP contribution in [0.1, 0.15) is 91.2 Å². The number of ether oxygens (including phenoxy) is 1. The molecular weight excluding hydrogens is 775 g/mol. The normalized spacial score (nSPS) is 29.5. The van der Waals surface area contributed by atoms with E-state index in [9.17, 15) is 44.1 Å². The summed E-state index contributed by atoms with van der Waals surface area (Å²) in [5, 5.41) is 40.9. The van der Waals surface area contributed by atoms with Crippen LogP contribution < -0.4 is 16.1 Å². The van der Waals surface area contributed by atoms with Gasteiger partial charge in [0.1, 0.15) is 35.8 Å². The molecule has 4 rings (SSSR count). The molecule has 1 aromatic rings. The van der Waals surface area contributed by atoms with Gasteiger partial charge in [0.2, 0.25) is 11.8 Å². The number of allylic oxidation sites excluding steroid dienone is 4. The largest absolute Gasteiger partial charge is 0.508 e. The summed E-state index contributed by atoms with van der Waals surface area (Å²) in [6, 6.07) is 2.26. The molecule has 60 heavy (non-hydrogen) atoms. The first kappa shape index (κ1) is 47.5.